The van der Waals surface area contributed by atoms with E-state index in [0.29, 0.717) is 33.3 Å². The molecule has 0 unspecified atom stereocenters. The summed E-state index contributed by atoms with van der Waals surface area (Å²) in [6.45, 7) is 17.4. The highest BCUT2D eigenvalue weighted by atomic mass is 16.3. The lowest BCUT2D eigenvalue weighted by Crippen LogP contribution is -2.49. The van der Waals surface area contributed by atoms with Crippen molar-refractivity contribution in [2.75, 3.05) is 29.6 Å². The van der Waals surface area contributed by atoms with Crippen molar-refractivity contribution >= 4 is 45.8 Å². The van der Waals surface area contributed by atoms with Gasteiger partial charge in [0.25, 0.3) is 11.8 Å². The molecular weight excluding hydrogens is 649 g/mol. The highest BCUT2D eigenvalue weighted by Crippen LogP contribution is 2.54. The smallest absolute Gasteiger partial charge is 0.255 e. The van der Waals surface area contributed by atoms with Gasteiger partial charge in [0.05, 0.1) is 27.9 Å². The fraction of sp³-hybridized carbons (Fsp3) is 0.318. The molecule has 0 bridgehead atoms. The number of nitrogens with one attached hydrogen (secondary N) is 2. The fourth-order valence-electron chi connectivity index (χ4n) is 7.92. The molecule has 3 aliphatic rings. The van der Waals surface area contributed by atoms with Crippen LogP contribution in [0, 0.1) is 0 Å². The van der Waals surface area contributed by atoms with Crippen molar-refractivity contribution in [3.8, 4) is 0 Å². The first-order valence-electron chi connectivity index (χ1n) is 17.8. The van der Waals surface area contributed by atoms with E-state index in [2.05, 4.69) is 75.5 Å². The molecule has 0 fully saturated rings. The minimum absolute atomic E-state index is 0.127. The normalized spacial score (nSPS) is 19.9. The zero-order chi connectivity index (χ0) is 37.7. The lowest BCUT2D eigenvalue weighted by Gasteiger charge is -2.40. The van der Waals surface area contributed by atoms with Crippen LogP contribution in [0.2, 0.25) is 0 Å². The molecule has 52 heavy (non-hydrogen) atoms. The summed E-state index contributed by atoms with van der Waals surface area (Å²) in [5, 5.41) is 19.5. The molecule has 3 N–H and O–H groups in total. The molecule has 2 amide bonds. The van der Waals surface area contributed by atoms with Crippen LogP contribution in [0.15, 0.2) is 90.7 Å². The Labute approximate surface area is 305 Å². The van der Waals surface area contributed by atoms with Crippen LogP contribution in [0.25, 0.3) is 11.1 Å². The third kappa shape index (κ3) is 4.80. The Balaban J connectivity index is 1.46. The molecule has 1 aliphatic carbocycles. The topological polar surface area (TPSA) is 102 Å². The minimum atomic E-state index is -0.366. The van der Waals surface area contributed by atoms with E-state index in [1.54, 1.807) is 48.5 Å². The van der Waals surface area contributed by atoms with E-state index in [-0.39, 0.29) is 56.4 Å². The molecule has 4 aromatic rings. The number of hydrogen-bond acceptors (Lipinski definition) is 5. The number of carbonyl (C=O) groups is 3. The second kappa shape index (κ2) is 11.5. The first-order chi connectivity index (χ1) is 24.3. The zero-order valence-corrected chi connectivity index (χ0v) is 31.6. The zero-order valence-electron chi connectivity index (χ0n) is 31.6. The number of hydrogen-bond donors (Lipinski definition) is 3. The first-order valence-corrected chi connectivity index (χ1v) is 17.8. The maximum Gasteiger partial charge on any atom is 0.255 e. The molecule has 0 aromatic heterocycles. The van der Waals surface area contributed by atoms with E-state index in [1.807, 2.05) is 50.5 Å². The summed E-state index contributed by atoms with van der Waals surface area (Å²) in [6, 6.07) is 25.5. The average molecular weight is 696 g/mol. The highest BCUT2D eigenvalue weighted by Gasteiger charge is 2.53. The molecule has 266 valence electrons. The van der Waals surface area contributed by atoms with Gasteiger partial charge in [-0.15, -0.1) is 0 Å². The van der Waals surface area contributed by atoms with Crippen molar-refractivity contribution in [2.24, 2.45) is 0 Å². The van der Waals surface area contributed by atoms with Crippen LogP contribution < -0.4 is 30.7 Å². The fourth-order valence-corrected chi connectivity index (χ4v) is 7.92. The number of rotatable bonds is 5. The van der Waals surface area contributed by atoms with E-state index in [1.165, 1.54) is 0 Å². The summed E-state index contributed by atoms with van der Waals surface area (Å²) < 4.78 is 2.20. The number of fused-ring (bicyclic) bond motifs is 2. The van der Waals surface area contributed by atoms with Crippen molar-refractivity contribution in [3.63, 3.8) is 0 Å². The SMILES string of the molecule is CN1c2cc(NC(=O)c3ccccc3)c(C3=C(O)/C(=c4/cc5c(cc4NC(=O)c4ccccc4)=[N+](C)C(C)(C)C5(C)C)C3=O)cc2C(C)(C)C1(C)C. The van der Waals surface area contributed by atoms with Gasteiger partial charge in [-0.1, -0.05) is 50.2 Å². The Morgan fingerprint density at radius 2 is 1.23 bits per heavy atom. The molecule has 0 radical (unpaired) electrons. The van der Waals surface area contributed by atoms with Crippen LogP contribution in [0.4, 0.5) is 17.1 Å². The van der Waals surface area contributed by atoms with Gasteiger partial charge < -0.3 is 20.6 Å². The van der Waals surface area contributed by atoms with E-state index in [9.17, 15) is 19.5 Å². The quantitative estimate of drug-likeness (QED) is 0.205. The number of aliphatic hydroxyl groups excluding tert-OH is 1. The predicted octanol–water partition coefficient (Wildman–Crippen LogP) is 6.59. The lowest BCUT2D eigenvalue weighted by molar-refractivity contribution is -0.109. The summed E-state index contributed by atoms with van der Waals surface area (Å²) in [4.78, 5) is 43.9. The highest BCUT2D eigenvalue weighted by molar-refractivity contribution is 6.52. The number of carbonyl (C=O) groups excluding carboxylic acids is 3. The van der Waals surface area contributed by atoms with Crippen LogP contribution in [-0.2, 0) is 15.6 Å². The largest absolute Gasteiger partial charge is 0.506 e. The van der Waals surface area contributed by atoms with Gasteiger partial charge in [-0.05, 0) is 75.7 Å². The maximum atomic E-state index is 14.6. The van der Waals surface area contributed by atoms with Gasteiger partial charge in [-0.25, -0.2) is 4.58 Å². The summed E-state index contributed by atoms with van der Waals surface area (Å²) >= 11 is 0. The van der Waals surface area contributed by atoms with E-state index >= 15 is 0 Å². The van der Waals surface area contributed by atoms with Crippen molar-refractivity contribution in [1.29, 1.82) is 0 Å². The Bertz CT molecular complexity index is 2390. The van der Waals surface area contributed by atoms with Crippen LogP contribution in [0.3, 0.4) is 0 Å². The molecule has 8 heteroatoms. The Kier molecular flexibility index (Phi) is 7.73. The number of amides is 2. The number of likely N-dealkylation sites (N-methyl/N-ethyl adjacent to an activating group) is 2. The number of nitrogens with zero attached hydrogens (tertiary/aromatic N) is 2. The van der Waals surface area contributed by atoms with Gasteiger partial charge in [-0.2, -0.15) is 0 Å². The van der Waals surface area contributed by atoms with Crippen LogP contribution in [-0.4, -0.2) is 47.9 Å². The van der Waals surface area contributed by atoms with Crippen molar-refractivity contribution in [1.82, 2.24) is 4.58 Å². The number of aliphatic hydroxyl groups is 1. The van der Waals surface area contributed by atoms with Gasteiger partial charge in [0, 0.05) is 71.1 Å². The van der Waals surface area contributed by atoms with Gasteiger partial charge >= 0.3 is 0 Å². The summed E-state index contributed by atoms with van der Waals surface area (Å²) in [6.07, 6.45) is 0. The average Bonchev–Trinajstić information content (AvgIpc) is 3.32. The molecule has 4 aromatic carbocycles. The second-order valence-corrected chi connectivity index (χ2v) is 16.4. The molecule has 2 aliphatic heterocycles. The number of anilines is 3. The Morgan fingerprint density at radius 3 is 1.77 bits per heavy atom. The summed E-state index contributed by atoms with van der Waals surface area (Å²) in [5.74, 6) is -1.19. The monoisotopic (exact) mass is 695 g/mol. The Morgan fingerprint density at radius 1 is 0.692 bits per heavy atom. The third-order valence-corrected chi connectivity index (χ3v) is 13.1. The van der Waals surface area contributed by atoms with Gasteiger partial charge in [0.1, 0.15) is 12.8 Å². The van der Waals surface area contributed by atoms with Crippen LogP contribution >= 0.6 is 0 Å². The van der Waals surface area contributed by atoms with Gasteiger partial charge in [0.15, 0.2) is 5.54 Å². The van der Waals surface area contributed by atoms with Crippen molar-refractivity contribution in [2.45, 2.75) is 77.3 Å². The second-order valence-electron chi connectivity index (χ2n) is 16.4. The van der Waals surface area contributed by atoms with Gasteiger partial charge in [0.2, 0.25) is 11.1 Å². The first kappa shape index (κ1) is 34.9. The number of benzene rings is 4. The molecule has 0 saturated heterocycles. The van der Waals surface area contributed by atoms with E-state index in [4.69, 9.17) is 0 Å². The Hall–Kier alpha value is -5.50. The molecule has 7 rings (SSSR count). The third-order valence-electron chi connectivity index (χ3n) is 13.1. The van der Waals surface area contributed by atoms with Crippen molar-refractivity contribution < 1.29 is 19.5 Å². The molecule has 8 nitrogen and oxygen atoms in total. The van der Waals surface area contributed by atoms with Crippen LogP contribution in [0.5, 0.6) is 0 Å². The molecule has 0 spiro atoms. The number of allylic oxidation sites excluding steroid dienone is 2. The molecule has 0 saturated carbocycles. The van der Waals surface area contributed by atoms with Crippen LogP contribution in [0.1, 0.15) is 92.8 Å². The molecular formula is C44H47N4O4+. The molecule has 0 atom stereocenters. The number of ketones is 1. The van der Waals surface area contributed by atoms with E-state index in [0.717, 1.165) is 22.2 Å². The predicted molar refractivity (Wildman–Crippen MR) is 209 cm³/mol. The number of Topliss-reactive ketones (excluding diaryl/α,β-unsaturated/α-hetero) is 1. The maximum absolute atomic E-state index is 14.6. The van der Waals surface area contributed by atoms with E-state index < -0.39 is 0 Å². The minimum Gasteiger partial charge on any atom is -0.506 e. The van der Waals surface area contributed by atoms with Gasteiger partial charge in [-0.3, -0.25) is 14.4 Å². The van der Waals surface area contributed by atoms with Crippen molar-refractivity contribution in [3.05, 3.63) is 129 Å². The summed E-state index contributed by atoms with van der Waals surface area (Å²) in [7, 11) is 4.07. The summed E-state index contributed by atoms with van der Waals surface area (Å²) in [5.41, 5.74) is 4.24. The molecule has 2 heterocycles. The standard InChI is InChI=1S/C44H46N4O4/c1-41(2)29-21-27(31(23-33(29)47(9)43(41,5)6)45-39(51)25-17-13-11-14-18-25)35-37(49)36(38(35)50)28-22-30-34(48(10)44(7,8)42(30,3)4)24-32(28)46-40(52)26-19-15-12-16-20-26/h11-24H,1-10H3,(H2,45,46,49,50,51,52)/p+1. The lowest BCUT2D eigenvalue weighted by atomic mass is 9.71.